The van der Waals surface area contributed by atoms with Gasteiger partial charge in [0.2, 0.25) is 0 Å². The Labute approximate surface area is 227 Å². The second-order valence-corrected chi connectivity index (χ2v) is 11.4. The number of nitrogens with zero attached hydrogens (tertiary/aromatic N) is 1. The van der Waals surface area contributed by atoms with E-state index in [0.29, 0.717) is 38.9 Å². The summed E-state index contributed by atoms with van der Waals surface area (Å²) >= 11 is 15.4. The molecule has 0 atom stereocenters. The van der Waals surface area contributed by atoms with Gasteiger partial charge in [-0.15, -0.1) is 0 Å². The van der Waals surface area contributed by atoms with Crippen LogP contribution in [0.4, 0.5) is 4.79 Å². The van der Waals surface area contributed by atoms with Gasteiger partial charge in [-0.05, 0) is 89.0 Å². The molecule has 1 heterocycles. The van der Waals surface area contributed by atoms with Crippen LogP contribution in [0.1, 0.15) is 43.2 Å². The third kappa shape index (κ3) is 6.04. The van der Waals surface area contributed by atoms with E-state index in [0.717, 1.165) is 39.3 Å². The standard InChI is InChI=1S/C25H24Cl2INO4S/c1-32-21-10-16(9-20(28)23(21)33-14-17-7-8-18(26)12-19(17)27)11-22-24(30)29(25(31)34-22)13-15-5-3-2-4-6-15/h7-12,15H,2-6,13-14H2,1H3/b22-11+. The Hall–Kier alpha value is -1.42. The van der Waals surface area contributed by atoms with Crippen LogP contribution in [-0.4, -0.2) is 29.7 Å². The van der Waals surface area contributed by atoms with Gasteiger partial charge in [0, 0.05) is 22.2 Å². The van der Waals surface area contributed by atoms with Crippen LogP contribution in [0.15, 0.2) is 35.2 Å². The number of rotatable bonds is 7. The Balaban J connectivity index is 1.50. The van der Waals surface area contributed by atoms with E-state index in [1.807, 2.05) is 12.1 Å². The average Bonchev–Trinajstić information content (AvgIpc) is 3.07. The van der Waals surface area contributed by atoms with Gasteiger partial charge in [0.15, 0.2) is 11.5 Å². The van der Waals surface area contributed by atoms with Gasteiger partial charge in [0.25, 0.3) is 11.1 Å². The molecule has 0 aromatic heterocycles. The second-order valence-electron chi connectivity index (χ2n) is 8.35. The smallest absolute Gasteiger partial charge is 0.293 e. The van der Waals surface area contributed by atoms with Crippen molar-refractivity contribution in [1.29, 1.82) is 0 Å². The van der Waals surface area contributed by atoms with Crippen LogP contribution in [0.2, 0.25) is 10.0 Å². The topological polar surface area (TPSA) is 55.8 Å². The van der Waals surface area contributed by atoms with Crippen molar-refractivity contribution in [1.82, 2.24) is 4.90 Å². The van der Waals surface area contributed by atoms with Crippen LogP contribution >= 0.6 is 57.6 Å². The number of hydrogen-bond donors (Lipinski definition) is 0. The zero-order chi connectivity index (χ0) is 24.2. The van der Waals surface area contributed by atoms with Gasteiger partial charge < -0.3 is 9.47 Å². The summed E-state index contributed by atoms with van der Waals surface area (Å²) in [6.07, 6.45) is 7.50. The van der Waals surface area contributed by atoms with E-state index in [4.69, 9.17) is 32.7 Å². The molecule has 2 aromatic carbocycles. The third-order valence-electron chi connectivity index (χ3n) is 5.98. The molecular weight excluding hydrogens is 608 g/mol. The molecular formula is C25H24Cl2INO4S. The van der Waals surface area contributed by atoms with E-state index in [-0.39, 0.29) is 17.8 Å². The van der Waals surface area contributed by atoms with Crippen LogP contribution in [0, 0.1) is 9.49 Å². The highest BCUT2D eigenvalue weighted by Crippen LogP contribution is 2.38. The molecule has 180 valence electrons. The van der Waals surface area contributed by atoms with Crippen molar-refractivity contribution in [2.75, 3.05) is 13.7 Å². The van der Waals surface area contributed by atoms with E-state index in [1.54, 1.807) is 31.4 Å². The zero-order valence-corrected chi connectivity index (χ0v) is 23.1. The largest absolute Gasteiger partial charge is 0.493 e. The van der Waals surface area contributed by atoms with Gasteiger partial charge in [-0.3, -0.25) is 14.5 Å². The molecule has 2 amide bonds. The molecule has 9 heteroatoms. The molecule has 1 saturated carbocycles. The summed E-state index contributed by atoms with van der Waals surface area (Å²) in [5, 5.41) is 0.902. The lowest BCUT2D eigenvalue weighted by Crippen LogP contribution is -2.34. The fraction of sp³-hybridized carbons (Fsp3) is 0.360. The summed E-state index contributed by atoms with van der Waals surface area (Å²) in [4.78, 5) is 27.3. The van der Waals surface area contributed by atoms with Crippen LogP contribution in [0.3, 0.4) is 0 Å². The number of methoxy groups -OCH3 is 1. The molecule has 1 aliphatic heterocycles. The van der Waals surface area contributed by atoms with E-state index < -0.39 is 0 Å². The lowest BCUT2D eigenvalue weighted by atomic mass is 9.89. The number of imide groups is 1. The summed E-state index contributed by atoms with van der Waals surface area (Å²) in [5.41, 5.74) is 1.57. The van der Waals surface area contributed by atoms with Gasteiger partial charge in [0.05, 0.1) is 15.6 Å². The zero-order valence-electron chi connectivity index (χ0n) is 18.6. The van der Waals surface area contributed by atoms with Gasteiger partial charge in [-0.2, -0.15) is 0 Å². The molecule has 34 heavy (non-hydrogen) atoms. The SMILES string of the molecule is COc1cc(/C=C2/SC(=O)N(CC3CCCCC3)C2=O)cc(I)c1OCc1ccc(Cl)cc1Cl. The number of ether oxygens (including phenoxy) is 2. The second kappa shape index (κ2) is 11.5. The average molecular weight is 632 g/mol. The number of hydrogen-bond acceptors (Lipinski definition) is 5. The van der Waals surface area contributed by atoms with Gasteiger partial charge in [0.1, 0.15) is 6.61 Å². The lowest BCUT2D eigenvalue weighted by molar-refractivity contribution is -0.123. The minimum absolute atomic E-state index is 0.191. The maximum atomic E-state index is 13.0. The van der Waals surface area contributed by atoms with E-state index >= 15 is 0 Å². The van der Waals surface area contributed by atoms with Gasteiger partial charge >= 0.3 is 0 Å². The first-order valence-electron chi connectivity index (χ1n) is 11.1. The minimum atomic E-state index is -0.216. The number of carbonyl (C=O) groups excluding carboxylic acids is 2. The number of carbonyl (C=O) groups is 2. The Morgan fingerprint density at radius 1 is 1.15 bits per heavy atom. The minimum Gasteiger partial charge on any atom is -0.493 e. The maximum absolute atomic E-state index is 13.0. The third-order valence-corrected chi connectivity index (χ3v) is 8.27. The molecule has 0 unspecified atom stereocenters. The molecule has 0 radical (unpaired) electrons. The summed E-state index contributed by atoms with van der Waals surface area (Å²) in [7, 11) is 1.56. The fourth-order valence-electron chi connectivity index (χ4n) is 4.19. The van der Waals surface area contributed by atoms with Crippen molar-refractivity contribution in [3.05, 3.63) is 60.0 Å². The van der Waals surface area contributed by atoms with Gasteiger partial charge in [-0.1, -0.05) is 48.5 Å². The number of halogens is 3. The Bertz CT molecular complexity index is 1130. The quantitative estimate of drug-likeness (QED) is 0.231. The maximum Gasteiger partial charge on any atom is 0.293 e. The number of benzene rings is 2. The summed E-state index contributed by atoms with van der Waals surface area (Å²) in [6.45, 7) is 0.769. The molecule has 0 spiro atoms. The van der Waals surface area contributed by atoms with Crippen molar-refractivity contribution in [2.24, 2.45) is 5.92 Å². The van der Waals surface area contributed by atoms with E-state index in [1.165, 1.54) is 24.2 Å². The predicted octanol–water partition coefficient (Wildman–Crippen LogP) is 7.80. The molecule has 2 fully saturated rings. The van der Waals surface area contributed by atoms with Crippen LogP contribution in [0.25, 0.3) is 6.08 Å². The van der Waals surface area contributed by atoms with Crippen molar-refractivity contribution >= 4 is 74.8 Å². The number of thioether (sulfide) groups is 1. The van der Waals surface area contributed by atoms with Crippen LogP contribution < -0.4 is 9.47 Å². The Morgan fingerprint density at radius 3 is 2.62 bits per heavy atom. The van der Waals surface area contributed by atoms with Crippen molar-refractivity contribution in [3.8, 4) is 11.5 Å². The number of amides is 2. The van der Waals surface area contributed by atoms with Crippen molar-refractivity contribution < 1.29 is 19.1 Å². The van der Waals surface area contributed by atoms with Crippen molar-refractivity contribution in [2.45, 2.75) is 38.7 Å². The highest BCUT2D eigenvalue weighted by Gasteiger charge is 2.36. The molecule has 4 rings (SSSR count). The summed E-state index contributed by atoms with van der Waals surface area (Å²) in [6, 6.07) is 8.96. The highest BCUT2D eigenvalue weighted by atomic mass is 127. The molecule has 2 aromatic rings. The lowest BCUT2D eigenvalue weighted by Gasteiger charge is -2.25. The Kier molecular flexibility index (Phi) is 8.71. The Morgan fingerprint density at radius 2 is 1.91 bits per heavy atom. The normalized spacial score (nSPS) is 18.1. The van der Waals surface area contributed by atoms with E-state index in [2.05, 4.69) is 22.6 Å². The summed E-state index contributed by atoms with van der Waals surface area (Å²) < 4.78 is 12.4. The molecule has 1 saturated heterocycles. The van der Waals surface area contributed by atoms with Crippen LogP contribution in [0.5, 0.6) is 11.5 Å². The van der Waals surface area contributed by atoms with Gasteiger partial charge in [-0.25, -0.2) is 0 Å². The van der Waals surface area contributed by atoms with E-state index in [9.17, 15) is 9.59 Å². The molecule has 0 bridgehead atoms. The first-order chi connectivity index (χ1) is 16.4. The van der Waals surface area contributed by atoms with Crippen LogP contribution in [-0.2, 0) is 11.4 Å². The molecule has 5 nitrogen and oxygen atoms in total. The summed E-state index contributed by atoms with van der Waals surface area (Å²) in [5.74, 6) is 1.31. The first kappa shape index (κ1) is 25.7. The highest BCUT2D eigenvalue weighted by molar-refractivity contribution is 14.1. The molecule has 2 aliphatic rings. The molecule has 1 aliphatic carbocycles. The molecule has 0 N–H and O–H groups in total. The van der Waals surface area contributed by atoms with Crippen molar-refractivity contribution in [3.63, 3.8) is 0 Å². The first-order valence-corrected chi connectivity index (χ1v) is 13.7. The predicted molar refractivity (Wildman–Crippen MR) is 146 cm³/mol. The fourth-order valence-corrected chi connectivity index (χ4v) is 6.28. The monoisotopic (exact) mass is 631 g/mol.